The predicted octanol–water partition coefficient (Wildman–Crippen LogP) is 4.05. The first-order chi connectivity index (χ1) is 15.5. The number of carbonyl (C=O) groups is 1. The van der Waals surface area contributed by atoms with Gasteiger partial charge in [-0.1, -0.05) is 18.6 Å². The Labute approximate surface area is 189 Å². The first-order valence-electron chi connectivity index (χ1n) is 11.8. The van der Waals surface area contributed by atoms with E-state index in [9.17, 15) is 4.79 Å². The quantitative estimate of drug-likeness (QED) is 0.625. The van der Waals surface area contributed by atoms with E-state index >= 15 is 0 Å². The van der Waals surface area contributed by atoms with Crippen molar-refractivity contribution in [3.63, 3.8) is 0 Å². The van der Waals surface area contributed by atoms with Crippen LogP contribution in [0.1, 0.15) is 49.1 Å². The minimum atomic E-state index is -0.0564. The van der Waals surface area contributed by atoms with Crippen LogP contribution >= 0.6 is 0 Å². The van der Waals surface area contributed by atoms with Crippen molar-refractivity contribution in [2.24, 2.45) is 5.92 Å². The van der Waals surface area contributed by atoms with Gasteiger partial charge < -0.3 is 14.4 Å². The number of hydrogen-bond donors (Lipinski definition) is 0. The minimum Gasteiger partial charge on any atom is -0.354 e. The van der Waals surface area contributed by atoms with E-state index in [-0.39, 0.29) is 11.8 Å². The van der Waals surface area contributed by atoms with E-state index in [0.717, 1.165) is 66.4 Å². The van der Waals surface area contributed by atoms with Gasteiger partial charge in [-0.3, -0.25) is 4.79 Å². The molecule has 3 aromatic rings. The zero-order valence-corrected chi connectivity index (χ0v) is 19.3. The van der Waals surface area contributed by atoms with Crippen molar-refractivity contribution < 1.29 is 4.79 Å². The van der Waals surface area contributed by atoms with Gasteiger partial charge in [-0.05, 0) is 56.7 Å². The average Bonchev–Trinajstić information content (AvgIpc) is 3.00. The number of nitrogens with zero attached hydrogens (tertiary/aromatic N) is 6. The Kier molecular flexibility index (Phi) is 5.57. The van der Waals surface area contributed by atoms with Crippen LogP contribution in [0.2, 0.25) is 0 Å². The molecule has 1 aromatic carbocycles. The molecule has 0 bridgehead atoms. The van der Waals surface area contributed by atoms with Crippen LogP contribution in [0.5, 0.6) is 0 Å². The molecule has 1 atom stereocenters. The fourth-order valence-electron chi connectivity index (χ4n) is 5.20. The van der Waals surface area contributed by atoms with Gasteiger partial charge in [-0.15, -0.1) is 0 Å². The summed E-state index contributed by atoms with van der Waals surface area (Å²) in [4.78, 5) is 31.7. The zero-order valence-electron chi connectivity index (χ0n) is 19.3. The standard InChI is InChI=1S/C25H32N6O/c1-17-10-11-18(2)20(14-17)29(3)25(32)19-8-7-12-30(15-19)23-22-24(27-16-26-23)31-13-6-4-5-9-21(31)28-22/h10-11,14,16,19H,4-9,12-13,15H2,1-3H3/t19-/m0/s1. The lowest BCUT2D eigenvalue weighted by Gasteiger charge is -2.35. The van der Waals surface area contributed by atoms with E-state index < -0.39 is 0 Å². The third kappa shape index (κ3) is 3.74. The highest BCUT2D eigenvalue weighted by molar-refractivity contribution is 5.96. The Morgan fingerprint density at radius 1 is 1.09 bits per heavy atom. The van der Waals surface area contributed by atoms with E-state index in [1.165, 1.54) is 24.8 Å². The van der Waals surface area contributed by atoms with Crippen LogP contribution in [0, 0.1) is 19.8 Å². The fraction of sp³-hybridized carbons (Fsp3) is 0.520. The van der Waals surface area contributed by atoms with E-state index in [4.69, 9.17) is 4.98 Å². The minimum absolute atomic E-state index is 0.0564. The maximum atomic E-state index is 13.4. The van der Waals surface area contributed by atoms with Gasteiger partial charge >= 0.3 is 0 Å². The number of carbonyl (C=O) groups excluding carboxylic acids is 1. The second-order valence-electron chi connectivity index (χ2n) is 9.33. The molecule has 32 heavy (non-hydrogen) atoms. The number of amides is 1. The molecule has 2 aliphatic heterocycles. The largest absolute Gasteiger partial charge is 0.354 e. The molecule has 0 N–H and O–H groups in total. The summed E-state index contributed by atoms with van der Waals surface area (Å²) in [6.45, 7) is 6.67. The van der Waals surface area contributed by atoms with Gasteiger partial charge in [-0.25, -0.2) is 15.0 Å². The third-order valence-corrected chi connectivity index (χ3v) is 7.00. The van der Waals surface area contributed by atoms with Gasteiger partial charge in [0.05, 0.1) is 5.92 Å². The van der Waals surface area contributed by atoms with Crippen molar-refractivity contribution in [2.45, 2.75) is 58.9 Å². The van der Waals surface area contributed by atoms with Crippen LogP contribution in [0.4, 0.5) is 11.5 Å². The second-order valence-corrected chi connectivity index (χ2v) is 9.33. The molecule has 168 valence electrons. The van der Waals surface area contributed by atoms with Crippen LogP contribution in [-0.2, 0) is 17.8 Å². The molecule has 0 spiro atoms. The summed E-state index contributed by atoms with van der Waals surface area (Å²) in [5, 5.41) is 0. The van der Waals surface area contributed by atoms with Crippen LogP contribution in [0.15, 0.2) is 24.5 Å². The summed E-state index contributed by atoms with van der Waals surface area (Å²) in [5.41, 5.74) is 5.11. The molecule has 1 fully saturated rings. The highest BCUT2D eigenvalue weighted by atomic mass is 16.2. The molecule has 4 heterocycles. The Hall–Kier alpha value is -2.96. The third-order valence-electron chi connectivity index (χ3n) is 7.00. The summed E-state index contributed by atoms with van der Waals surface area (Å²) in [6, 6.07) is 6.27. The lowest BCUT2D eigenvalue weighted by atomic mass is 9.96. The van der Waals surface area contributed by atoms with Crippen molar-refractivity contribution in [2.75, 3.05) is 29.9 Å². The number of imidazole rings is 1. The molecule has 0 radical (unpaired) electrons. The van der Waals surface area contributed by atoms with Gasteiger partial charge in [0.1, 0.15) is 12.2 Å². The van der Waals surface area contributed by atoms with Gasteiger partial charge in [-0.2, -0.15) is 0 Å². The molecule has 2 aromatic heterocycles. The fourth-order valence-corrected chi connectivity index (χ4v) is 5.20. The number of fused-ring (bicyclic) bond motifs is 3. The number of rotatable bonds is 3. The number of anilines is 2. The summed E-state index contributed by atoms with van der Waals surface area (Å²) in [5.74, 6) is 2.12. The predicted molar refractivity (Wildman–Crippen MR) is 127 cm³/mol. The summed E-state index contributed by atoms with van der Waals surface area (Å²) >= 11 is 0. The van der Waals surface area contributed by atoms with Crippen molar-refractivity contribution in [3.8, 4) is 0 Å². The van der Waals surface area contributed by atoms with Gasteiger partial charge in [0.15, 0.2) is 17.0 Å². The van der Waals surface area contributed by atoms with E-state index in [1.807, 2.05) is 11.9 Å². The molecule has 0 saturated carbocycles. The molecule has 7 heteroatoms. The Morgan fingerprint density at radius 3 is 2.84 bits per heavy atom. The number of piperidine rings is 1. The number of aromatic nitrogens is 4. The van der Waals surface area contributed by atoms with E-state index in [2.05, 4.69) is 51.5 Å². The molecule has 1 amide bonds. The monoisotopic (exact) mass is 432 g/mol. The number of aryl methyl sites for hydroxylation is 4. The first-order valence-corrected chi connectivity index (χ1v) is 11.8. The van der Waals surface area contributed by atoms with Gasteiger partial charge in [0.25, 0.3) is 0 Å². The lowest BCUT2D eigenvalue weighted by Crippen LogP contribution is -2.44. The Balaban J connectivity index is 1.41. The van der Waals surface area contributed by atoms with Crippen LogP contribution in [0.3, 0.4) is 0 Å². The molecule has 1 saturated heterocycles. The summed E-state index contributed by atoms with van der Waals surface area (Å²) < 4.78 is 2.27. The highest BCUT2D eigenvalue weighted by Gasteiger charge is 2.31. The normalized spacial score (nSPS) is 19.0. The van der Waals surface area contributed by atoms with Gasteiger partial charge in [0.2, 0.25) is 5.91 Å². The molecular weight excluding hydrogens is 400 g/mol. The maximum Gasteiger partial charge on any atom is 0.231 e. The Morgan fingerprint density at radius 2 is 1.97 bits per heavy atom. The average molecular weight is 433 g/mol. The Bertz CT molecular complexity index is 1150. The van der Waals surface area contributed by atoms with Crippen molar-refractivity contribution >= 4 is 28.6 Å². The van der Waals surface area contributed by atoms with Crippen molar-refractivity contribution in [1.82, 2.24) is 19.5 Å². The topological polar surface area (TPSA) is 67.2 Å². The van der Waals surface area contributed by atoms with Crippen LogP contribution in [-0.4, -0.2) is 45.6 Å². The summed E-state index contributed by atoms with van der Waals surface area (Å²) in [7, 11) is 1.90. The molecule has 5 rings (SSSR count). The van der Waals surface area contributed by atoms with Crippen molar-refractivity contribution in [3.05, 3.63) is 41.5 Å². The molecular formula is C25H32N6O. The molecule has 0 unspecified atom stereocenters. The van der Waals surface area contributed by atoms with Gasteiger partial charge in [0, 0.05) is 38.8 Å². The van der Waals surface area contributed by atoms with Crippen molar-refractivity contribution in [1.29, 1.82) is 0 Å². The molecule has 7 nitrogen and oxygen atoms in total. The molecule has 0 aliphatic carbocycles. The number of benzene rings is 1. The van der Waals surface area contributed by atoms with E-state index in [0.29, 0.717) is 6.54 Å². The zero-order chi connectivity index (χ0) is 22.2. The SMILES string of the molecule is Cc1ccc(C)c(N(C)C(=O)[C@H]2CCCN(c3ncnc4c3nc3n4CCCCC3)C2)c1. The first kappa shape index (κ1) is 20.9. The second kappa shape index (κ2) is 8.52. The molecule has 2 aliphatic rings. The van der Waals surface area contributed by atoms with E-state index in [1.54, 1.807) is 6.33 Å². The van der Waals surface area contributed by atoms with Crippen LogP contribution < -0.4 is 9.80 Å². The smallest absolute Gasteiger partial charge is 0.231 e. The van der Waals surface area contributed by atoms with Crippen LogP contribution in [0.25, 0.3) is 11.2 Å². The number of hydrogen-bond acceptors (Lipinski definition) is 5. The maximum absolute atomic E-state index is 13.4. The summed E-state index contributed by atoms with van der Waals surface area (Å²) in [6.07, 6.45) is 8.11. The highest BCUT2D eigenvalue weighted by Crippen LogP contribution is 2.31. The lowest BCUT2D eigenvalue weighted by molar-refractivity contribution is -0.122.